The van der Waals surface area contributed by atoms with Crippen molar-refractivity contribution >= 4 is 23.6 Å². The van der Waals surface area contributed by atoms with E-state index in [2.05, 4.69) is 10.4 Å². The summed E-state index contributed by atoms with van der Waals surface area (Å²) in [5.41, 5.74) is 7.41. The summed E-state index contributed by atoms with van der Waals surface area (Å²) in [5.74, 6) is -0.963. The predicted octanol–water partition coefficient (Wildman–Crippen LogP) is 1.96. The molecule has 6 heteroatoms. The highest BCUT2D eigenvalue weighted by Crippen LogP contribution is 2.20. The lowest BCUT2D eigenvalue weighted by Gasteiger charge is -2.04. The van der Waals surface area contributed by atoms with Crippen LogP contribution in [0.15, 0.2) is 36.4 Å². The van der Waals surface area contributed by atoms with Gasteiger partial charge in [0.2, 0.25) is 5.91 Å². The van der Waals surface area contributed by atoms with E-state index in [1.807, 2.05) is 37.3 Å². The summed E-state index contributed by atoms with van der Waals surface area (Å²) in [6.45, 7) is 4.06. The van der Waals surface area contributed by atoms with Gasteiger partial charge in [0.25, 0.3) is 5.91 Å². The number of aromatic nitrogens is 2. The number of rotatable bonds is 5. The van der Waals surface area contributed by atoms with Gasteiger partial charge in [-0.2, -0.15) is 5.10 Å². The maximum Gasteiger partial charge on any atom is 0.269 e. The lowest BCUT2D eigenvalue weighted by molar-refractivity contribution is -0.111. The van der Waals surface area contributed by atoms with Crippen LogP contribution in [0.2, 0.25) is 0 Å². The summed E-state index contributed by atoms with van der Waals surface area (Å²) in [7, 11) is 0. The van der Waals surface area contributed by atoms with Crippen LogP contribution in [0, 0.1) is 6.92 Å². The van der Waals surface area contributed by atoms with Crippen LogP contribution in [0.4, 0.5) is 5.69 Å². The Balaban J connectivity index is 2.20. The fourth-order valence-corrected chi connectivity index (χ4v) is 2.11. The standard InChI is InChI=1S/C16H18N4O2/c1-3-20-15(16(17)22)14(11(2)19-20)18-13(21)10-9-12-7-5-4-6-8-12/h4-10H,3H2,1-2H3,(H2,17,22)(H,18,21)/b10-9+. The van der Waals surface area contributed by atoms with Gasteiger partial charge >= 0.3 is 0 Å². The van der Waals surface area contributed by atoms with Gasteiger partial charge in [-0.15, -0.1) is 0 Å². The number of carbonyl (C=O) groups is 2. The first-order valence-electron chi connectivity index (χ1n) is 6.94. The number of anilines is 1. The Kier molecular flexibility index (Phi) is 4.73. The third kappa shape index (κ3) is 3.41. The van der Waals surface area contributed by atoms with Crippen LogP contribution in [-0.4, -0.2) is 21.6 Å². The van der Waals surface area contributed by atoms with Crippen LogP contribution in [-0.2, 0) is 11.3 Å². The molecule has 6 nitrogen and oxygen atoms in total. The zero-order valence-corrected chi connectivity index (χ0v) is 12.5. The Hall–Kier alpha value is -2.89. The second-order valence-corrected chi connectivity index (χ2v) is 4.72. The number of hydrogen-bond acceptors (Lipinski definition) is 3. The van der Waals surface area contributed by atoms with E-state index >= 15 is 0 Å². The van der Waals surface area contributed by atoms with Crippen molar-refractivity contribution in [2.75, 3.05) is 5.32 Å². The highest BCUT2D eigenvalue weighted by atomic mass is 16.2. The summed E-state index contributed by atoms with van der Waals surface area (Å²) >= 11 is 0. The molecule has 0 bridgehead atoms. The van der Waals surface area contributed by atoms with Gasteiger partial charge in [-0.3, -0.25) is 14.3 Å². The van der Waals surface area contributed by atoms with E-state index in [0.29, 0.717) is 17.9 Å². The van der Waals surface area contributed by atoms with Crippen LogP contribution in [0.3, 0.4) is 0 Å². The van der Waals surface area contributed by atoms with Gasteiger partial charge in [-0.1, -0.05) is 30.3 Å². The average molecular weight is 298 g/mol. The van der Waals surface area contributed by atoms with Crippen molar-refractivity contribution in [2.45, 2.75) is 20.4 Å². The molecule has 22 heavy (non-hydrogen) atoms. The van der Waals surface area contributed by atoms with Crippen molar-refractivity contribution < 1.29 is 9.59 Å². The molecule has 2 amide bonds. The zero-order valence-electron chi connectivity index (χ0n) is 12.5. The molecule has 0 spiro atoms. The van der Waals surface area contributed by atoms with Crippen molar-refractivity contribution in [2.24, 2.45) is 5.73 Å². The van der Waals surface area contributed by atoms with Gasteiger partial charge in [0.15, 0.2) is 0 Å². The van der Waals surface area contributed by atoms with E-state index in [0.717, 1.165) is 5.56 Å². The average Bonchev–Trinajstić information content (AvgIpc) is 2.82. The molecule has 1 aromatic carbocycles. The smallest absolute Gasteiger partial charge is 0.269 e. The monoisotopic (exact) mass is 298 g/mol. The van der Waals surface area contributed by atoms with Crippen LogP contribution in [0.5, 0.6) is 0 Å². The van der Waals surface area contributed by atoms with Crippen LogP contribution in [0.25, 0.3) is 6.08 Å². The highest BCUT2D eigenvalue weighted by Gasteiger charge is 2.19. The molecule has 0 saturated carbocycles. The number of benzene rings is 1. The SMILES string of the molecule is CCn1nc(C)c(NC(=O)/C=C/c2ccccc2)c1C(N)=O. The van der Waals surface area contributed by atoms with Gasteiger partial charge in [0, 0.05) is 12.6 Å². The van der Waals surface area contributed by atoms with Crippen LogP contribution < -0.4 is 11.1 Å². The van der Waals surface area contributed by atoms with Gasteiger partial charge in [0.05, 0.1) is 11.4 Å². The first-order chi connectivity index (χ1) is 10.5. The molecule has 0 aliphatic carbocycles. The molecule has 1 aromatic heterocycles. The quantitative estimate of drug-likeness (QED) is 0.827. The fraction of sp³-hybridized carbons (Fsp3) is 0.188. The summed E-state index contributed by atoms with van der Waals surface area (Å²) in [4.78, 5) is 23.6. The number of carbonyl (C=O) groups excluding carboxylic acids is 2. The summed E-state index contributed by atoms with van der Waals surface area (Å²) in [6, 6.07) is 9.45. The Labute approximate surface area is 128 Å². The molecular weight excluding hydrogens is 280 g/mol. The van der Waals surface area contributed by atoms with E-state index in [9.17, 15) is 9.59 Å². The molecule has 0 aliphatic rings. The summed E-state index contributed by atoms with van der Waals surface area (Å²) < 4.78 is 1.48. The van der Waals surface area contributed by atoms with Crippen LogP contribution >= 0.6 is 0 Å². The van der Waals surface area contributed by atoms with Crippen molar-refractivity contribution in [3.8, 4) is 0 Å². The first kappa shape index (κ1) is 15.5. The molecule has 0 aliphatic heterocycles. The third-order valence-electron chi connectivity index (χ3n) is 3.14. The van der Waals surface area contributed by atoms with Gasteiger partial charge in [-0.25, -0.2) is 0 Å². The van der Waals surface area contributed by atoms with Gasteiger partial charge in [-0.05, 0) is 25.5 Å². The third-order valence-corrected chi connectivity index (χ3v) is 3.14. The molecule has 114 valence electrons. The van der Waals surface area contributed by atoms with Crippen molar-refractivity contribution in [1.29, 1.82) is 0 Å². The molecule has 2 rings (SSSR count). The largest absolute Gasteiger partial charge is 0.364 e. The molecule has 0 radical (unpaired) electrons. The number of amides is 2. The van der Waals surface area contributed by atoms with Crippen molar-refractivity contribution in [1.82, 2.24) is 9.78 Å². The van der Waals surface area contributed by atoms with Crippen molar-refractivity contribution in [3.63, 3.8) is 0 Å². The zero-order chi connectivity index (χ0) is 16.1. The fourth-order valence-electron chi connectivity index (χ4n) is 2.11. The molecule has 0 unspecified atom stereocenters. The predicted molar refractivity (Wildman–Crippen MR) is 85.3 cm³/mol. The number of nitrogens with one attached hydrogen (secondary N) is 1. The minimum Gasteiger partial charge on any atom is -0.364 e. The highest BCUT2D eigenvalue weighted by molar-refractivity contribution is 6.07. The second-order valence-electron chi connectivity index (χ2n) is 4.72. The number of primary amides is 1. The minimum absolute atomic E-state index is 0.210. The number of nitrogens with two attached hydrogens (primary N) is 1. The first-order valence-corrected chi connectivity index (χ1v) is 6.94. The normalized spacial score (nSPS) is 10.8. The molecule has 3 N–H and O–H groups in total. The number of aryl methyl sites for hydroxylation is 2. The number of hydrogen-bond donors (Lipinski definition) is 2. The Morgan fingerprint density at radius 2 is 2.00 bits per heavy atom. The second kappa shape index (κ2) is 6.71. The lowest BCUT2D eigenvalue weighted by atomic mass is 10.2. The maximum atomic E-state index is 12.0. The molecule has 0 saturated heterocycles. The van der Waals surface area contributed by atoms with E-state index in [1.54, 1.807) is 13.0 Å². The Bertz CT molecular complexity index is 717. The Morgan fingerprint density at radius 1 is 1.32 bits per heavy atom. The number of nitrogens with zero attached hydrogens (tertiary/aromatic N) is 2. The van der Waals surface area contributed by atoms with E-state index < -0.39 is 5.91 Å². The van der Waals surface area contributed by atoms with E-state index in [1.165, 1.54) is 10.8 Å². The topological polar surface area (TPSA) is 90.0 Å². The van der Waals surface area contributed by atoms with Crippen LogP contribution in [0.1, 0.15) is 28.7 Å². The molecular formula is C16H18N4O2. The minimum atomic E-state index is -0.621. The Morgan fingerprint density at radius 3 is 2.59 bits per heavy atom. The lowest BCUT2D eigenvalue weighted by Crippen LogP contribution is -2.20. The summed E-state index contributed by atoms with van der Waals surface area (Å²) in [5, 5.41) is 6.87. The van der Waals surface area contributed by atoms with E-state index in [4.69, 9.17) is 5.73 Å². The van der Waals surface area contributed by atoms with Gasteiger partial charge in [0.1, 0.15) is 5.69 Å². The van der Waals surface area contributed by atoms with Crippen molar-refractivity contribution in [3.05, 3.63) is 53.4 Å². The summed E-state index contributed by atoms with van der Waals surface area (Å²) in [6.07, 6.45) is 3.10. The van der Waals surface area contributed by atoms with Gasteiger partial charge < -0.3 is 11.1 Å². The molecule has 2 aromatic rings. The molecule has 0 atom stereocenters. The maximum absolute atomic E-state index is 12.0. The molecule has 1 heterocycles. The van der Waals surface area contributed by atoms with E-state index in [-0.39, 0.29) is 11.6 Å². The molecule has 0 fully saturated rings.